The number of Topliss-reactive ketones (excluding diaryl/α,β-unsaturated/α-hetero) is 2. The van der Waals surface area contributed by atoms with E-state index in [0.717, 1.165) is 19.3 Å². The molecule has 4 aliphatic carbocycles. The van der Waals surface area contributed by atoms with Gasteiger partial charge < -0.3 is 0 Å². The summed E-state index contributed by atoms with van der Waals surface area (Å²) in [4.78, 5) is 24.8. The number of ketones is 2. The molecule has 12 atom stereocenters. The van der Waals surface area contributed by atoms with Crippen LogP contribution < -0.4 is 0 Å². The van der Waals surface area contributed by atoms with Gasteiger partial charge in [-0.1, -0.05) is 13.8 Å². The lowest BCUT2D eigenvalue weighted by Gasteiger charge is -2.60. The average Bonchev–Trinajstić information content (AvgIpc) is 3.03. The highest BCUT2D eigenvalue weighted by Crippen LogP contribution is 2.67. The molecule has 23 heavy (non-hydrogen) atoms. The van der Waals surface area contributed by atoms with Gasteiger partial charge in [0.1, 0.15) is 11.6 Å². The van der Waals surface area contributed by atoms with Gasteiger partial charge in [0.05, 0.1) is 0 Å². The summed E-state index contributed by atoms with van der Waals surface area (Å²) in [5.41, 5.74) is -1.39. The standard InChI is InChI=1S/C21H32O2/c1-13(22)17-6-7-18-16-5-4-14-12-15(23)8-10-20(14,2)19(16)9-11-21(17,18)3/h14,16-19H,4-12H2,1-3H3/t14-,16+,17-,18+,19+,20+,21-/m1/s1/i4D,5D,8D,10D,12D,14D/t4?,5?,8?,10?,12?,14-,16+,17-,18+,19+,20+,21-. The summed E-state index contributed by atoms with van der Waals surface area (Å²) >= 11 is 0. The van der Waals surface area contributed by atoms with Crippen LogP contribution in [0.15, 0.2) is 0 Å². The molecule has 2 heteroatoms. The molecule has 0 aromatic heterocycles. The van der Waals surface area contributed by atoms with E-state index in [-0.39, 0.29) is 34.9 Å². The molecule has 0 radical (unpaired) electrons. The van der Waals surface area contributed by atoms with Crippen LogP contribution in [0, 0.1) is 40.4 Å². The van der Waals surface area contributed by atoms with Gasteiger partial charge in [-0.25, -0.2) is 0 Å². The third-order valence-corrected chi connectivity index (χ3v) is 7.61. The minimum Gasteiger partial charge on any atom is -0.300 e. The number of carbonyl (C=O) groups is 2. The zero-order valence-electron chi connectivity index (χ0n) is 20.3. The average molecular weight is 323 g/mol. The van der Waals surface area contributed by atoms with Gasteiger partial charge in [-0.3, -0.25) is 9.59 Å². The van der Waals surface area contributed by atoms with E-state index in [1.165, 1.54) is 0 Å². The van der Waals surface area contributed by atoms with Crippen LogP contribution in [-0.4, -0.2) is 11.6 Å². The van der Waals surface area contributed by atoms with Crippen LogP contribution in [-0.2, 0) is 9.59 Å². The second-order valence-electron chi connectivity index (χ2n) is 8.55. The van der Waals surface area contributed by atoms with Crippen LogP contribution in [0.5, 0.6) is 0 Å². The van der Waals surface area contributed by atoms with Gasteiger partial charge in [-0.05, 0) is 86.3 Å². The Balaban J connectivity index is 1.84. The third kappa shape index (κ3) is 2.12. The molecule has 2 nitrogen and oxygen atoms in total. The van der Waals surface area contributed by atoms with Crippen molar-refractivity contribution in [3.63, 3.8) is 0 Å². The predicted octanol–water partition coefficient (Wildman–Crippen LogP) is 4.80. The van der Waals surface area contributed by atoms with Gasteiger partial charge in [0.15, 0.2) is 0 Å². The van der Waals surface area contributed by atoms with Gasteiger partial charge >= 0.3 is 0 Å². The highest BCUT2D eigenvalue weighted by atomic mass is 16.1. The van der Waals surface area contributed by atoms with Crippen LogP contribution in [0.2, 0.25) is 0 Å². The molecule has 4 aliphatic rings. The smallest absolute Gasteiger partial charge is 0.133 e. The van der Waals surface area contributed by atoms with E-state index in [1.54, 1.807) is 13.8 Å². The third-order valence-electron chi connectivity index (χ3n) is 7.61. The van der Waals surface area contributed by atoms with E-state index in [0.29, 0.717) is 6.42 Å². The minimum atomic E-state index is -1.85. The van der Waals surface area contributed by atoms with Crippen LogP contribution in [0.3, 0.4) is 0 Å². The number of hydrogen-bond donors (Lipinski definition) is 0. The van der Waals surface area contributed by atoms with Gasteiger partial charge in [0, 0.05) is 26.9 Å². The summed E-state index contributed by atoms with van der Waals surface area (Å²) in [6, 6.07) is 0. The Labute approximate surface area is 149 Å². The molecule has 0 bridgehead atoms. The maximum atomic E-state index is 12.5. The molecule has 0 aromatic carbocycles. The van der Waals surface area contributed by atoms with Crippen molar-refractivity contribution in [2.75, 3.05) is 0 Å². The van der Waals surface area contributed by atoms with Crippen molar-refractivity contribution in [3.8, 4) is 0 Å². The number of fused-ring (bicyclic) bond motifs is 5. The zero-order valence-corrected chi connectivity index (χ0v) is 14.3. The SMILES string of the molecule is [2H]C1C(=O)C([2H])[C@@]2([2H])C([2H])C([2H])[C@H]3[C@@H]4CC[C@H](C(C)=O)[C@@]4(C)CC[C@@H]3[C@@]2(C)C1[2H]. The lowest BCUT2D eigenvalue weighted by molar-refractivity contribution is -0.143. The van der Waals surface area contributed by atoms with Crippen LogP contribution in [0.25, 0.3) is 0 Å². The molecule has 4 rings (SSSR count). The Morgan fingerprint density at radius 1 is 1.17 bits per heavy atom. The fourth-order valence-corrected chi connectivity index (χ4v) is 6.32. The van der Waals surface area contributed by atoms with Crippen molar-refractivity contribution < 1.29 is 17.8 Å². The van der Waals surface area contributed by atoms with Crippen LogP contribution in [0.4, 0.5) is 0 Å². The van der Waals surface area contributed by atoms with Crippen molar-refractivity contribution in [2.24, 2.45) is 40.4 Å². The molecular formula is C21H32O2. The number of hydrogen-bond acceptors (Lipinski definition) is 2. The maximum Gasteiger partial charge on any atom is 0.133 e. The molecule has 0 amide bonds. The van der Waals surface area contributed by atoms with Crippen molar-refractivity contribution in [1.82, 2.24) is 0 Å². The van der Waals surface area contributed by atoms with Crippen molar-refractivity contribution in [1.29, 1.82) is 0 Å². The summed E-state index contributed by atoms with van der Waals surface area (Å²) in [7, 11) is 0. The molecule has 0 N–H and O–H groups in total. The van der Waals surface area contributed by atoms with Crippen LogP contribution in [0.1, 0.15) is 86.7 Å². The fourth-order valence-electron chi connectivity index (χ4n) is 6.32. The zero-order chi connectivity index (χ0) is 21.7. The molecule has 5 unspecified atom stereocenters. The first-order valence-corrected chi connectivity index (χ1v) is 9.00. The Morgan fingerprint density at radius 3 is 2.65 bits per heavy atom. The normalized spacial score (nSPS) is 75.4. The highest BCUT2D eigenvalue weighted by molar-refractivity contribution is 5.80. The molecule has 0 aromatic rings. The first-order chi connectivity index (χ1) is 13.3. The predicted molar refractivity (Wildman–Crippen MR) is 90.9 cm³/mol. The quantitative estimate of drug-likeness (QED) is 0.694. The summed E-state index contributed by atoms with van der Waals surface area (Å²) < 4.78 is 52.4. The van der Waals surface area contributed by atoms with Gasteiger partial charge in [-0.15, -0.1) is 0 Å². The van der Waals surface area contributed by atoms with E-state index in [2.05, 4.69) is 6.92 Å². The second kappa shape index (κ2) is 5.17. The summed E-state index contributed by atoms with van der Waals surface area (Å²) in [6.45, 7) is 5.51. The number of rotatable bonds is 1. The van der Waals surface area contributed by atoms with Crippen molar-refractivity contribution in [3.05, 3.63) is 0 Å². The lowest BCUT2D eigenvalue weighted by Crippen LogP contribution is -2.53. The summed E-state index contributed by atoms with van der Waals surface area (Å²) in [5.74, 6) is -2.88. The summed E-state index contributed by atoms with van der Waals surface area (Å²) in [5, 5.41) is 0. The van der Waals surface area contributed by atoms with Crippen molar-refractivity contribution in [2.45, 2.75) is 78.4 Å². The monoisotopic (exact) mass is 322 g/mol. The Morgan fingerprint density at radius 2 is 1.91 bits per heavy atom. The maximum absolute atomic E-state index is 12.5. The first kappa shape index (κ1) is 10.4. The first-order valence-electron chi connectivity index (χ1n) is 12.4. The van der Waals surface area contributed by atoms with E-state index in [1.807, 2.05) is 0 Å². The molecule has 0 spiro atoms. The Bertz CT molecular complexity index is 747. The molecule has 4 fully saturated rings. The van der Waals surface area contributed by atoms with E-state index in [4.69, 9.17) is 8.22 Å². The van der Waals surface area contributed by atoms with Gasteiger partial charge in [0.25, 0.3) is 0 Å². The van der Waals surface area contributed by atoms with Crippen LogP contribution >= 0.6 is 0 Å². The Kier molecular flexibility index (Phi) is 2.33. The second-order valence-corrected chi connectivity index (χ2v) is 8.55. The van der Waals surface area contributed by atoms with Crippen molar-refractivity contribution >= 4 is 11.6 Å². The number of carbonyl (C=O) groups excluding carboxylic acids is 2. The topological polar surface area (TPSA) is 34.1 Å². The molecule has 128 valence electrons. The lowest BCUT2D eigenvalue weighted by atomic mass is 9.44. The van der Waals surface area contributed by atoms with Gasteiger partial charge in [0.2, 0.25) is 0 Å². The van der Waals surface area contributed by atoms with Gasteiger partial charge in [-0.2, -0.15) is 0 Å². The van der Waals surface area contributed by atoms with E-state index < -0.39 is 49.1 Å². The fraction of sp³-hybridized carbons (Fsp3) is 0.905. The molecule has 4 saturated carbocycles. The molecule has 0 heterocycles. The summed E-state index contributed by atoms with van der Waals surface area (Å²) in [6.07, 6.45) is -3.33. The molecule has 0 aliphatic heterocycles. The van der Waals surface area contributed by atoms with E-state index >= 15 is 0 Å². The highest BCUT2D eigenvalue weighted by Gasteiger charge is 2.60. The van der Waals surface area contributed by atoms with E-state index in [9.17, 15) is 9.59 Å². The largest absolute Gasteiger partial charge is 0.300 e. The minimum absolute atomic E-state index is 0.0482. The molecular weight excluding hydrogens is 284 g/mol. The molecule has 0 saturated heterocycles. The Hall–Kier alpha value is -0.660.